The third kappa shape index (κ3) is 3.79. The van der Waals surface area contributed by atoms with Crippen molar-refractivity contribution in [1.82, 2.24) is 9.97 Å². The van der Waals surface area contributed by atoms with E-state index in [1.807, 2.05) is 11.3 Å². The molecule has 0 aliphatic carbocycles. The fraction of sp³-hybridized carbons (Fsp3) is 0. The van der Waals surface area contributed by atoms with E-state index < -0.39 is 0 Å². The van der Waals surface area contributed by atoms with Gasteiger partial charge in [0.05, 0.1) is 11.0 Å². The fourth-order valence-corrected chi connectivity index (χ4v) is 7.94. The molecule has 0 spiro atoms. The van der Waals surface area contributed by atoms with Crippen molar-refractivity contribution in [3.8, 4) is 33.4 Å². The Morgan fingerprint density at radius 3 is 1.65 bits per heavy atom. The van der Waals surface area contributed by atoms with Crippen LogP contribution in [0.2, 0.25) is 0 Å². The molecule has 0 saturated carbocycles. The molecule has 9 aromatic rings. The molecule has 43 heavy (non-hydrogen) atoms. The number of rotatable bonds is 3. The number of aromatic nitrogens is 2. The van der Waals surface area contributed by atoms with Gasteiger partial charge in [-0.15, -0.1) is 11.3 Å². The van der Waals surface area contributed by atoms with Gasteiger partial charge < -0.3 is 0 Å². The second-order valence-electron chi connectivity index (χ2n) is 11.0. The van der Waals surface area contributed by atoms with E-state index in [4.69, 9.17) is 9.97 Å². The number of thiophene rings is 1. The highest BCUT2D eigenvalue weighted by atomic mass is 32.1. The first kappa shape index (κ1) is 24.2. The summed E-state index contributed by atoms with van der Waals surface area (Å²) < 4.78 is 2.66. The second-order valence-corrected chi connectivity index (χ2v) is 12.0. The van der Waals surface area contributed by atoms with Crippen molar-refractivity contribution < 1.29 is 0 Å². The molecule has 0 aliphatic rings. The molecule has 9 rings (SSSR count). The van der Waals surface area contributed by atoms with Crippen LogP contribution in [0.25, 0.3) is 86.1 Å². The van der Waals surface area contributed by atoms with Crippen LogP contribution >= 0.6 is 11.3 Å². The minimum absolute atomic E-state index is 0.943. The van der Waals surface area contributed by atoms with Crippen LogP contribution in [0.5, 0.6) is 0 Å². The van der Waals surface area contributed by atoms with E-state index in [1.165, 1.54) is 64.3 Å². The molecule has 0 aliphatic heterocycles. The van der Waals surface area contributed by atoms with Crippen molar-refractivity contribution >= 4 is 64.1 Å². The van der Waals surface area contributed by atoms with Gasteiger partial charge in [-0.1, -0.05) is 121 Å². The number of benzene rings is 7. The third-order valence-corrected chi connectivity index (χ3v) is 9.85. The average molecular weight is 565 g/mol. The maximum atomic E-state index is 4.78. The normalized spacial score (nSPS) is 11.7. The first-order chi connectivity index (χ1) is 21.3. The summed E-state index contributed by atoms with van der Waals surface area (Å²) >= 11 is 1.90. The Morgan fingerprint density at radius 1 is 0.349 bits per heavy atom. The van der Waals surface area contributed by atoms with Crippen molar-refractivity contribution in [1.29, 1.82) is 0 Å². The highest BCUT2D eigenvalue weighted by Gasteiger charge is 2.15. The quantitative estimate of drug-likeness (QED) is 0.199. The van der Waals surface area contributed by atoms with Gasteiger partial charge in [-0.3, -0.25) is 9.97 Å². The number of hydrogen-bond donors (Lipinski definition) is 0. The molecule has 0 bridgehead atoms. The van der Waals surface area contributed by atoms with Gasteiger partial charge in [0.15, 0.2) is 0 Å². The Labute approximate surface area is 252 Å². The SMILES string of the molecule is c1ccc(-c2cccc3c2sc2c(-c4cccc(-c5ccc6c7ccccc7c7nccnc7c6c5)c4)cccc23)cc1. The minimum Gasteiger partial charge on any atom is -0.252 e. The lowest BCUT2D eigenvalue weighted by atomic mass is 9.94. The van der Waals surface area contributed by atoms with E-state index in [0.29, 0.717) is 0 Å². The molecule has 3 heteroatoms. The van der Waals surface area contributed by atoms with E-state index in [1.54, 1.807) is 12.4 Å². The van der Waals surface area contributed by atoms with E-state index in [0.717, 1.165) is 21.8 Å². The van der Waals surface area contributed by atoms with Gasteiger partial charge in [0.1, 0.15) is 0 Å². The molecule has 2 aromatic heterocycles. The van der Waals surface area contributed by atoms with Crippen molar-refractivity contribution in [2.45, 2.75) is 0 Å². The monoisotopic (exact) mass is 564 g/mol. The van der Waals surface area contributed by atoms with Crippen molar-refractivity contribution in [2.75, 3.05) is 0 Å². The van der Waals surface area contributed by atoms with Crippen molar-refractivity contribution in [3.63, 3.8) is 0 Å². The summed E-state index contributed by atoms with van der Waals surface area (Å²) in [6.07, 6.45) is 3.57. The van der Waals surface area contributed by atoms with Crippen LogP contribution in [0.1, 0.15) is 0 Å². The van der Waals surface area contributed by atoms with Crippen LogP contribution < -0.4 is 0 Å². The van der Waals surface area contributed by atoms with Crippen LogP contribution in [0.3, 0.4) is 0 Å². The van der Waals surface area contributed by atoms with E-state index in [2.05, 4.69) is 133 Å². The number of nitrogens with zero attached hydrogens (tertiary/aromatic N) is 2. The minimum atomic E-state index is 0.943. The smallest absolute Gasteiger partial charge is 0.0971 e. The Kier molecular flexibility index (Phi) is 5.40. The predicted octanol–water partition coefficient (Wildman–Crippen LogP) is 11.3. The molecule has 2 nitrogen and oxygen atoms in total. The zero-order valence-electron chi connectivity index (χ0n) is 23.2. The molecule has 0 unspecified atom stereocenters. The first-order valence-electron chi connectivity index (χ1n) is 14.5. The fourth-order valence-electron chi connectivity index (χ4n) is 6.57. The number of hydrogen-bond acceptors (Lipinski definition) is 3. The number of fused-ring (bicyclic) bond motifs is 9. The lowest BCUT2D eigenvalue weighted by Gasteiger charge is -2.11. The zero-order valence-corrected chi connectivity index (χ0v) is 24.0. The van der Waals surface area contributed by atoms with Crippen LogP contribution in [0.4, 0.5) is 0 Å². The molecule has 0 atom stereocenters. The lowest BCUT2D eigenvalue weighted by Crippen LogP contribution is -1.89. The van der Waals surface area contributed by atoms with E-state index in [-0.39, 0.29) is 0 Å². The van der Waals surface area contributed by atoms with Crippen LogP contribution in [0, 0.1) is 0 Å². The first-order valence-corrected chi connectivity index (χ1v) is 15.3. The molecular formula is C40H24N2S. The Hall–Kier alpha value is -5.38. The molecule has 0 fully saturated rings. The van der Waals surface area contributed by atoms with Crippen molar-refractivity contribution in [3.05, 3.63) is 146 Å². The average Bonchev–Trinajstić information content (AvgIpc) is 3.48. The Balaban J connectivity index is 1.22. The maximum Gasteiger partial charge on any atom is 0.0971 e. The highest BCUT2D eigenvalue weighted by molar-refractivity contribution is 7.26. The molecular weight excluding hydrogens is 541 g/mol. The second kappa shape index (κ2) is 9.59. The molecule has 0 amide bonds. The molecule has 0 N–H and O–H groups in total. The van der Waals surface area contributed by atoms with Crippen molar-refractivity contribution in [2.24, 2.45) is 0 Å². The van der Waals surface area contributed by atoms with Gasteiger partial charge in [-0.25, -0.2) is 0 Å². The van der Waals surface area contributed by atoms with Gasteiger partial charge in [-0.2, -0.15) is 0 Å². The standard InChI is InChI=1S/C40H24N2S/c1-2-9-25(10-3-1)29-15-7-17-34-35-18-8-16-30(40(35)43-39(29)34)28-12-6-11-26(23-28)27-19-20-32-31-13-4-5-14-33(31)37-38(36(32)24-27)42-22-21-41-37/h1-24H. The van der Waals surface area contributed by atoms with Gasteiger partial charge >= 0.3 is 0 Å². The summed E-state index contributed by atoms with van der Waals surface area (Å²) in [5, 5.41) is 7.30. The third-order valence-electron chi connectivity index (χ3n) is 8.56. The van der Waals surface area contributed by atoms with E-state index in [9.17, 15) is 0 Å². The summed E-state index contributed by atoms with van der Waals surface area (Å²) in [4.78, 5) is 9.51. The van der Waals surface area contributed by atoms with Gasteiger partial charge in [0.25, 0.3) is 0 Å². The van der Waals surface area contributed by atoms with E-state index >= 15 is 0 Å². The van der Waals surface area contributed by atoms with Gasteiger partial charge in [0.2, 0.25) is 0 Å². The summed E-state index contributed by atoms with van der Waals surface area (Å²) in [6.45, 7) is 0. The molecule has 0 radical (unpaired) electrons. The highest BCUT2D eigenvalue weighted by Crippen LogP contribution is 2.44. The molecule has 7 aromatic carbocycles. The van der Waals surface area contributed by atoms with Gasteiger partial charge in [-0.05, 0) is 56.3 Å². The zero-order chi connectivity index (χ0) is 28.3. The maximum absolute atomic E-state index is 4.78. The van der Waals surface area contributed by atoms with Crippen LogP contribution in [-0.2, 0) is 0 Å². The predicted molar refractivity (Wildman–Crippen MR) is 184 cm³/mol. The summed E-state index contributed by atoms with van der Waals surface area (Å²) in [7, 11) is 0. The molecule has 2 heterocycles. The molecule has 200 valence electrons. The van der Waals surface area contributed by atoms with Crippen LogP contribution in [0.15, 0.2) is 146 Å². The van der Waals surface area contributed by atoms with Crippen LogP contribution in [-0.4, -0.2) is 9.97 Å². The Morgan fingerprint density at radius 2 is 0.884 bits per heavy atom. The largest absolute Gasteiger partial charge is 0.252 e. The van der Waals surface area contributed by atoms with Gasteiger partial charge in [0, 0.05) is 43.3 Å². The molecule has 0 saturated heterocycles. The summed E-state index contributed by atoms with van der Waals surface area (Å²) in [6, 6.07) is 48.3. The lowest BCUT2D eigenvalue weighted by molar-refractivity contribution is 1.31. The summed E-state index contributed by atoms with van der Waals surface area (Å²) in [5.41, 5.74) is 9.28. The topological polar surface area (TPSA) is 25.8 Å². The Bertz CT molecular complexity index is 2470. The summed E-state index contributed by atoms with van der Waals surface area (Å²) in [5.74, 6) is 0.